The molecule has 13 heavy (non-hydrogen) atoms. The number of carbonyl (C=O) groups is 1. The summed E-state index contributed by atoms with van der Waals surface area (Å²) in [7, 11) is 0. The summed E-state index contributed by atoms with van der Waals surface area (Å²) in [5.41, 5.74) is 0. The molecule has 1 radical (unpaired) electrons. The first-order valence-corrected chi connectivity index (χ1v) is 4.11. The molecule has 1 amide bonds. The molecule has 0 bridgehead atoms. The Balaban J connectivity index is 4.33. The van der Waals surface area contributed by atoms with Gasteiger partial charge in [-0.2, -0.15) is 0 Å². The fraction of sp³-hybridized carbons (Fsp3) is 0.750. The molecule has 5 heteroatoms. The van der Waals surface area contributed by atoms with Gasteiger partial charge in [0.1, 0.15) is 0 Å². The van der Waals surface area contributed by atoms with Crippen LogP contribution in [0.1, 0.15) is 27.7 Å². The molecular formula is C8H14N3O2. The van der Waals surface area contributed by atoms with E-state index in [4.69, 9.17) is 0 Å². The van der Waals surface area contributed by atoms with E-state index in [0.717, 1.165) is 6.29 Å². The predicted molar refractivity (Wildman–Crippen MR) is 47.7 cm³/mol. The van der Waals surface area contributed by atoms with E-state index in [2.05, 4.69) is 10.3 Å². The number of amides is 1. The zero-order valence-electron chi connectivity index (χ0n) is 8.31. The summed E-state index contributed by atoms with van der Waals surface area (Å²) in [5.74, 6) is -0.980. The molecule has 0 N–H and O–H groups in total. The monoisotopic (exact) mass is 184 g/mol. The van der Waals surface area contributed by atoms with Gasteiger partial charge in [0.2, 0.25) is 0 Å². The van der Waals surface area contributed by atoms with Crippen LogP contribution in [-0.4, -0.2) is 29.3 Å². The summed E-state index contributed by atoms with van der Waals surface area (Å²) in [6.45, 7) is 7.70. The average Bonchev–Trinajstić information content (AvgIpc) is 2.03. The summed E-state index contributed by atoms with van der Waals surface area (Å²) < 4.78 is 0. The van der Waals surface area contributed by atoms with Crippen LogP contribution < -0.4 is 0 Å². The van der Waals surface area contributed by atoms with Crippen LogP contribution in [-0.2, 0) is 9.59 Å². The van der Waals surface area contributed by atoms with E-state index in [1.807, 2.05) is 27.7 Å². The van der Waals surface area contributed by atoms with Crippen LogP contribution >= 0.6 is 0 Å². The zero-order chi connectivity index (χ0) is 10.4. The minimum Gasteiger partial charge on any atom is -0.279 e. The molecule has 0 unspecified atom stereocenters. The number of hydrogen-bond acceptors (Lipinski definition) is 3. The van der Waals surface area contributed by atoms with E-state index in [-0.39, 0.29) is 12.1 Å². The third-order valence-corrected chi connectivity index (χ3v) is 1.38. The number of hydrogen-bond donors (Lipinski definition) is 0. The van der Waals surface area contributed by atoms with E-state index < -0.39 is 5.91 Å². The van der Waals surface area contributed by atoms with Crippen molar-refractivity contribution < 1.29 is 9.59 Å². The van der Waals surface area contributed by atoms with Crippen molar-refractivity contribution in [3.8, 4) is 0 Å². The number of nitrogens with zero attached hydrogens (tertiary/aromatic N) is 3. The molecule has 0 aliphatic rings. The zero-order valence-corrected chi connectivity index (χ0v) is 8.31. The van der Waals surface area contributed by atoms with Gasteiger partial charge < -0.3 is 0 Å². The van der Waals surface area contributed by atoms with Crippen molar-refractivity contribution in [1.29, 1.82) is 0 Å². The second-order valence-electron chi connectivity index (χ2n) is 3.16. The van der Waals surface area contributed by atoms with Gasteiger partial charge in [0.05, 0.1) is 0 Å². The second-order valence-corrected chi connectivity index (χ2v) is 3.16. The van der Waals surface area contributed by atoms with Gasteiger partial charge in [0.25, 0.3) is 6.29 Å². The normalized spacial score (nSPS) is 11.2. The van der Waals surface area contributed by atoms with Crippen LogP contribution in [0.3, 0.4) is 0 Å². The molecule has 0 aromatic carbocycles. The topological polar surface area (TPSA) is 62.1 Å². The van der Waals surface area contributed by atoms with Gasteiger partial charge in [-0.15, -0.1) is 0 Å². The van der Waals surface area contributed by atoms with Gasteiger partial charge in [-0.1, -0.05) is 10.3 Å². The lowest BCUT2D eigenvalue weighted by Gasteiger charge is -2.25. The quantitative estimate of drug-likeness (QED) is 0.373. The van der Waals surface area contributed by atoms with E-state index in [9.17, 15) is 9.59 Å². The maximum Gasteiger partial charge on any atom is 0.341 e. The highest BCUT2D eigenvalue weighted by Gasteiger charge is 2.10. The lowest BCUT2D eigenvalue weighted by molar-refractivity contribution is -0.112. The Kier molecular flexibility index (Phi) is 4.87. The highest BCUT2D eigenvalue weighted by atomic mass is 16.2. The Morgan fingerprint density at radius 3 is 2.00 bits per heavy atom. The first-order chi connectivity index (χ1) is 5.99. The molecule has 0 atom stereocenters. The van der Waals surface area contributed by atoms with Gasteiger partial charge in [-0.3, -0.25) is 14.6 Å². The molecule has 0 rings (SSSR count). The van der Waals surface area contributed by atoms with Gasteiger partial charge in [-0.05, 0) is 27.7 Å². The average molecular weight is 184 g/mol. The van der Waals surface area contributed by atoms with Crippen molar-refractivity contribution >= 4 is 12.2 Å². The molecule has 0 fully saturated rings. The maximum absolute atomic E-state index is 10.5. The molecular weight excluding hydrogens is 170 g/mol. The van der Waals surface area contributed by atoms with E-state index >= 15 is 0 Å². The molecule has 0 saturated heterocycles. The van der Waals surface area contributed by atoms with Crippen LogP contribution in [0.4, 0.5) is 0 Å². The molecule has 0 aromatic heterocycles. The fourth-order valence-electron chi connectivity index (χ4n) is 0.916. The molecule has 0 aromatic rings. The number of carbonyl (C=O) groups excluding carboxylic acids is 2. The minimum absolute atomic E-state index is 0.142. The van der Waals surface area contributed by atoms with E-state index in [0.29, 0.717) is 0 Å². The van der Waals surface area contributed by atoms with Crippen LogP contribution in [0.5, 0.6) is 0 Å². The Hall–Kier alpha value is -1.26. The standard InChI is InChI=1S/C8H14N3O2/c1-6(2)11(7(3)4)10-9-8(13)5-12/h6-7H,1-4H3. The van der Waals surface area contributed by atoms with Gasteiger partial charge in [0, 0.05) is 12.1 Å². The van der Waals surface area contributed by atoms with Gasteiger partial charge in [0.15, 0.2) is 0 Å². The summed E-state index contributed by atoms with van der Waals surface area (Å²) in [4.78, 5) is 20.3. The van der Waals surface area contributed by atoms with E-state index in [1.54, 1.807) is 5.01 Å². The Labute approximate surface area is 77.8 Å². The SMILES string of the molecule is CC(C)N(N=NC(=O)[C]=O)C(C)C. The highest BCUT2D eigenvalue weighted by Crippen LogP contribution is 2.05. The van der Waals surface area contributed by atoms with Gasteiger partial charge >= 0.3 is 5.91 Å². The van der Waals surface area contributed by atoms with E-state index in [1.165, 1.54) is 0 Å². The third-order valence-electron chi connectivity index (χ3n) is 1.38. The number of rotatable bonds is 4. The first-order valence-electron chi connectivity index (χ1n) is 4.11. The summed E-state index contributed by atoms with van der Waals surface area (Å²) >= 11 is 0. The molecule has 0 aliphatic carbocycles. The molecule has 0 aliphatic heterocycles. The van der Waals surface area contributed by atoms with Crippen LogP contribution in [0, 0.1) is 0 Å². The highest BCUT2D eigenvalue weighted by molar-refractivity contribution is 6.24. The summed E-state index contributed by atoms with van der Waals surface area (Å²) in [5, 5.41) is 8.45. The van der Waals surface area contributed by atoms with Crippen molar-refractivity contribution in [1.82, 2.24) is 5.01 Å². The van der Waals surface area contributed by atoms with Crippen molar-refractivity contribution in [2.45, 2.75) is 39.8 Å². The van der Waals surface area contributed by atoms with Crippen molar-refractivity contribution in [2.24, 2.45) is 10.3 Å². The summed E-state index contributed by atoms with van der Waals surface area (Å²) in [6, 6.07) is 0.284. The van der Waals surface area contributed by atoms with Crippen molar-refractivity contribution in [2.75, 3.05) is 0 Å². The lowest BCUT2D eigenvalue weighted by Crippen LogP contribution is -2.31. The Morgan fingerprint density at radius 2 is 1.69 bits per heavy atom. The largest absolute Gasteiger partial charge is 0.341 e. The maximum atomic E-state index is 10.5. The molecule has 0 heterocycles. The van der Waals surface area contributed by atoms with Crippen molar-refractivity contribution in [3.63, 3.8) is 0 Å². The molecule has 5 nitrogen and oxygen atoms in total. The Bertz CT molecular complexity index is 203. The third kappa shape index (κ3) is 4.35. The molecule has 73 valence electrons. The fourth-order valence-corrected chi connectivity index (χ4v) is 0.916. The van der Waals surface area contributed by atoms with Crippen LogP contribution in [0.2, 0.25) is 0 Å². The van der Waals surface area contributed by atoms with Gasteiger partial charge in [-0.25, -0.2) is 0 Å². The van der Waals surface area contributed by atoms with Crippen molar-refractivity contribution in [3.05, 3.63) is 0 Å². The minimum atomic E-state index is -0.980. The lowest BCUT2D eigenvalue weighted by atomic mass is 10.3. The predicted octanol–water partition coefficient (Wildman–Crippen LogP) is 1.11. The molecule has 0 spiro atoms. The second kappa shape index (κ2) is 5.40. The molecule has 0 saturated carbocycles. The van der Waals surface area contributed by atoms with Crippen LogP contribution in [0.25, 0.3) is 0 Å². The first kappa shape index (κ1) is 11.7. The summed E-state index contributed by atoms with van der Waals surface area (Å²) in [6.07, 6.45) is 1.12. The van der Waals surface area contributed by atoms with Crippen LogP contribution in [0.15, 0.2) is 10.3 Å². The smallest absolute Gasteiger partial charge is 0.279 e. The Morgan fingerprint density at radius 1 is 1.23 bits per heavy atom.